The number of amides is 1. The third-order valence-corrected chi connectivity index (χ3v) is 5.29. The molecule has 0 spiro atoms. The van der Waals surface area contributed by atoms with Crippen LogP contribution in [0.5, 0.6) is 0 Å². The van der Waals surface area contributed by atoms with Gasteiger partial charge in [-0.05, 0) is 52.3 Å². The van der Waals surface area contributed by atoms with E-state index in [-0.39, 0.29) is 5.91 Å². The van der Waals surface area contributed by atoms with Crippen LogP contribution in [0.1, 0.15) is 42.0 Å². The van der Waals surface area contributed by atoms with Gasteiger partial charge in [-0.25, -0.2) is 0 Å². The van der Waals surface area contributed by atoms with E-state index in [0.29, 0.717) is 13.2 Å². The summed E-state index contributed by atoms with van der Waals surface area (Å²) in [6.07, 6.45) is 5.16. The van der Waals surface area contributed by atoms with Gasteiger partial charge in [0.1, 0.15) is 0 Å². The van der Waals surface area contributed by atoms with Crippen LogP contribution < -0.4 is 5.32 Å². The Bertz CT molecular complexity index is 1040. The van der Waals surface area contributed by atoms with Crippen molar-refractivity contribution in [3.05, 3.63) is 113 Å². The Morgan fingerprint density at radius 1 is 0.844 bits per heavy atom. The number of rotatable bonds is 10. The molecule has 164 valence electrons. The number of carbonyl (C=O) groups excluding carboxylic acids is 1. The van der Waals surface area contributed by atoms with Gasteiger partial charge in [0, 0.05) is 26.3 Å². The van der Waals surface area contributed by atoms with E-state index in [4.69, 9.17) is 4.74 Å². The van der Waals surface area contributed by atoms with Crippen LogP contribution in [0.15, 0.2) is 91.0 Å². The molecule has 0 bridgehead atoms. The minimum Gasteiger partial charge on any atom is -0.385 e. The molecule has 1 N–H and O–H groups in total. The zero-order chi connectivity index (χ0) is 22.6. The zero-order valence-corrected chi connectivity index (χ0v) is 18.9. The predicted molar refractivity (Wildman–Crippen MR) is 134 cm³/mol. The second-order valence-corrected chi connectivity index (χ2v) is 7.53. The summed E-state index contributed by atoms with van der Waals surface area (Å²) in [5, 5.41) is 2.87. The molecule has 3 heteroatoms. The molecule has 0 radical (unpaired) electrons. The Labute approximate surface area is 191 Å². The van der Waals surface area contributed by atoms with Gasteiger partial charge in [-0.3, -0.25) is 4.79 Å². The first kappa shape index (κ1) is 23.2. The van der Waals surface area contributed by atoms with Crippen LogP contribution >= 0.6 is 0 Å². The van der Waals surface area contributed by atoms with E-state index in [1.807, 2.05) is 18.2 Å². The van der Waals surface area contributed by atoms with Crippen LogP contribution in [-0.2, 0) is 9.53 Å². The van der Waals surface area contributed by atoms with Crippen molar-refractivity contribution in [2.24, 2.45) is 0 Å². The summed E-state index contributed by atoms with van der Waals surface area (Å²) in [5.74, 6) is -0.0904. The molecule has 0 aromatic heterocycles. The molecular formula is C29H31NO2. The quantitative estimate of drug-likeness (QED) is 0.238. The van der Waals surface area contributed by atoms with Crippen molar-refractivity contribution in [2.75, 3.05) is 20.3 Å². The van der Waals surface area contributed by atoms with Crippen LogP contribution in [0.4, 0.5) is 0 Å². The summed E-state index contributed by atoms with van der Waals surface area (Å²) in [6.45, 7) is 3.46. The fourth-order valence-corrected chi connectivity index (χ4v) is 3.70. The van der Waals surface area contributed by atoms with Crippen LogP contribution in [0.3, 0.4) is 0 Å². The van der Waals surface area contributed by atoms with Gasteiger partial charge in [-0.2, -0.15) is 0 Å². The molecule has 3 nitrogen and oxygen atoms in total. The Morgan fingerprint density at radius 2 is 1.44 bits per heavy atom. The smallest absolute Gasteiger partial charge is 0.244 e. The summed E-state index contributed by atoms with van der Waals surface area (Å²) in [4.78, 5) is 12.0. The lowest BCUT2D eigenvalue weighted by Crippen LogP contribution is -2.22. The van der Waals surface area contributed by atoms with Crippen molar-refractivity contribution >= 4 is 23.1 Å². The van der Waals surface area contributed by atoms with Crippen molar-refractivity contribution in [1.82, 2.24) is 5.32 Å². The van der Waals surface area contributed by atoms with Crippen molar-refractivity contribution < 1.29 is 9.53 Å². The average molecular weight is 426 g/mol. The Morgan fingerprint density at radius 3 is 2.03 bits per heavy atom. The lowest BCUT2D eigenvalue weighted by atomic mass is 9.88. The average Bonchev–Trinajstić information content (AvgIpc) is 2.85. The van der Waals surface area contributed by atoms with Crippen LogP contribution in [-0.4, -0.2) is 26.2 Å². The first-order valence-electron chi connectivity index (χ1n) is 11.1. The van der Waals surface area contributed by atoms with Gasteiger partial charge in [-0.15, -0.1) is 0 Å². The van der Waals surface area contributed by atoms with E-state index in [2.05, 4.69) is 85.0 Å². The molecule has 0 fully saturated rings. The molecule has 0 aliphatic heterocycles. The maximum absolute atomic E-state index is 12.0. The van der Waals surface area contributed by atoms with Crippen LogP contribution in [0.25, 0.3) is 17.2 Å². The van der Waals surface area contributed by atoms with Crippen molar-refractivity contribution in [2.45, 2.75) is 19.8 Å². The van der Waals surface area contributed by atoms with Crippen LogP contribution in [0, 0.1) is 0 Å². The van der Waals surface area contributed by atoms with Gasteiger partial charge in [-0.1, -0.05) is 91.9 Å². The fraction of sp³-hybridized carbons (Fsp3) is 0.207. The second kappa shape index (κ2) is 12.4. The number of methoxy groups -OCH3 is 1. The zero-order valence-electron chi connectivity index (χ0n) is 18.9. The van der Waals surface area contributed by atoms with Crippen molar-refractivity contribution in [3.8, 4) is 0 Å². The van der Waals surface area contributed by atoms with E-state index in [1.54, 1.807) is 13.2 Å². The highest BCUT2D eigenvalue weighted by Gasteiger charge is 2.12. The molecule has 3 aromatic rings. The molecule has 32 heavy (non-hydrogen) atoms. The van der Waals surface area contributed by atoms with Crippen molar-refractivity contribution in [1.29, 1.82) is 0 Å². The van der Waals surface area contributed by atoms with E-state index in [1.165, 1.54) is 22.3 Å². The molecule has 0 saturated heterocycles. The second-order valence-electron chi connectivity index (χ2n) is 7.53. The number of ether oxygens (including phenoxy) is 1. The van der Waals surface area contributed by atoms with Gasteiger partial charge in [0.05, 0.1) is 0 Å². The lowest BCUT2D eigenvalue weighted by Gasteiger charge is -2.16. The number of carbonyl (C=O) groups is 1. The summed E-state index contributed by atoms with van der Waals surface area (Å²) < 4.78 is 5.00. The highest BCUT2D eigenvalue weighted by atomic mass is 16.5. The molecule has 0 heterocycles. The minimum absolute atomic E-state index is 0.0904. The molecular weight excluding hydrogens is 394 g/mol. The number of hydrogen-bond acceptors (Lipinski definition) is 2. The number of allylic oxidation sites excluding steroid dienone is 1. The van der Waals surface area contributed by atoms with Crippen molar-refractivity contribution in [3.63, 3.8) is 0 Å². The maximum Gasteiger partial charge on any atom is 0.244 e. The number of benzene rings is 3. The maximum atomic E-state index is 12.0. The van der Waals surface area contributed by atoms with E-state index >= 15 is 0 Å². The highest BCUT2D eigenvalue weighted by Crippen LogP contribution is 2.34. The van der Waals surface area contributed by atoms with E-state index < -0.39 is 0 Å². The molecule has 0 atom stereocenters. The molecule has 3 aromatic carbocycles. The summed E-state index contributed by atoms with van der Waals surface area (Å²) in [5.41, 5.74) is 7.15. The highest BCUT2D eigenvalue weighted by molar-refractivity contribution is 5.98. The Balaban J connectivity index is 1.87. The van der Waals surface area contributed by atoms with Gasteiger partial charge in [0.15, 0.2) is 0 Å². The molecule has 1 amide bonds. The van der Waals surface area contributed by atoms with Gasteiger partial charge in [0.25, 0.3) is 0 Å². The van der Waals surface area contributed by atoms with Crippen LogP contribution in [0.2, 0.25) is 0 Å². The predicted octanol–water partition coefficient (Wildman–Crippen LogP) is 6.22. The summed E-state index contributed by atoms with van der Waals surface area (Å²) in [7, 11) is 1.66. The number of nitrogens with one attached hydrogen (secondary N) is 1. The SMILES string of the molecule is CCC(=C(c1ccccc1)c1ccc(C=CC(=O)NCCCOC)cc1)c1ccccc1. The monoisotopic (exact) mass is 425 g/mol. The van der Waals surface area contributed by atoms with Gasteiger partial charge in [0.2, 0.25) is 5.91 Å². The van der Waals surface area contributed by atoms with Gasteiger partial charge < -0.3 is 10.1 Å². The van der Waals surface area contributed by atoms with Gasteiger partial charge >= 0.3 is 0 Å². The number of hydrogen-bond donors (Lipinski definition) is 1. The largest absolute Gasteiger partial charge is 0.385 e. The Kier molecular flexibility index (Phi) is 9.03. The normalized spacial score (nSPS) is 11.9. The molecule has 0 saturated carbocycles. The fourth-order valence-electron chi connectivity index (χ4n) is 3.70. The third-order valence-electron chi connectivity index (χ3n) is 5.29. The Hall–Kier alpha value is -3.43. The minimum atomic E-state index is -0.0904. The van der Waals surface area contributed by atoms with E-state index in [0.717, 1.165) is 24.0 Å². The first-order chi connectivity index (χ1) is 15.7. The standard InChI is InChI=1S/C29H31NO2/c1-3-27(24-11-6-4-7-12-24)29(25-13-8-5-9-14-25)26-18-15-23(16-19-26)17-20-28(31)30-21-10-22-32-2/h4-9,11-20H,3,10,21-22H2,1-2H3,(H,30,31). The molecule has 0 aliphatic rings. The third kappa shape index (κ3) is 6.53. The van der Waals surface area contributed by atoms with E-state index in [9.17, 15) is 4.79 Å². The summed E-state index contributed by atoms with van der Waals surface area (Å²) >= 11 is 0. The summed E-state index contributed by atoms with van der Waals surface area (Å²) in [6, 6.07) is 29.5. The molecule has 0 aliphatic carbocycles. The molecule has 0 unspecified atom stereocenters. The molecule has 3 rings (SSSR count). The lowest BCUT2D eigenvalue weighted by molar-refractivity contribution is -0.116. The topological polar surface area (TPSA) is 38.3 Å². The first-order valence-corrected chi connectivity index (χ1v) is 11.1.